The Morgan fingerprint density at radius 3 is 2.43 bits per heavy atom. The second-order valence-electron chi connectivity index (χ2n) is 3.26. The fourth-order valence-corrected chi connectivity index (χ4v) is 0.814. The average Bonchev–Trinajstić information content (AvgIpc) is 2.15. The first-order valence-electron chi connectivity index (χ1n) is 5.00. The van der Waals surface area contributed by atoms with Gasteiger partial charge >= 0.3 is 0 Å². The fourth-order valence-electron chi connectivity index (χ4n) is 0.814. The molecule has 0 aromatic heterocycles. The second kappa shape index (κ2) is 9.12. The van der Waals surface area contributed by atoms with Crippen molar-refractivity contribution in [2.24, 2.45) is 0 Å². The molecule has 4 nitrogen and oxygen atoms in total. The molecule has 14 heavy (non-hydrogen) atoms. The van der Waals surface area contributed by atoms with E-state index in [1.165, 1.54) is 6.92 Å². The third kappa shape index (κ3) is 9.64. The van der Waals surface area contributed by atoms with E-state index in [4.69, 9.17) is 9.47 Å². The molecule has 0 aromatic carbocycles. The molecule has 0 aliphatic rings. The zero-order chi connectivity index (χ0) is 10.8. The van der Waals surface area contributed by atoms with Gasteiger partial charge in [0.15, 0.2) is 5.78 Å². The van der Waals surface area contributed by atoms with Crippen LogP contribution >= 0.6 is 0 Å². The zero-order valence-corrected chi connectivity index (χ0v) is 9.41. The highest BCUT2D eigenvalue weighted by atomic mass is 16.5. The van der Waals surface area contributed by atoms with Gasteiger partial charge in [-0.25, -0.2) is 0 Å². The lowest BCUT2D eigenvalue weighted by Gasteiger charge is -2.13. The van der Waals surface area contributed by atoms with Crippen molar-refractivity contribution in [1.82, 2.24) is 4.90 Å². The number of likely N-dealkylation sites (N-methyl/N-ethyl adjacent to an activating group) is 1. The summed E-state index contributed by atoms with van der Waals surface area (Å²) in [5, 5.41) is 0. The second-order valence-corrected chi connectivity index (χ2v) is 3.26. The molecular formula is C10H21NO3. The highest BCUT2D eigenvalue weighted by Gasteiger charge is 1.95. The zero-order valence-electron chi connectivity index (χ0n) is 9.41. The highest BCUT2D eigenvalue weighted by molar-refractivity contribution is 5.76. The van der Waals surface area contributed by atoms with Crippen molar-refractivity contribution in [3.8, 4) is 0 Å². The molecule has 0 radical (unpaired) electrons. The number of nitrogens with zero attached hydrogens (tertiary/aromatic N) is 1. The van der Waals surface area contributed by atoms with Crippen molar-refractivity contribution >= 4 is 5.78 Å². The summed E-state index contributed by atoms with van der Waals surface area (Å²) >= 11 is 0. The van der Waals surface area contributed by atoms with Crippen molar-refractivity contribution in [3.05, 3.63) is 0 Å². The van der Waals surface area contributed by atoms with Gasteiger partial charge in [0, 0.05) is 6.54 Å². The Morgan fingerprint density at radius 2 is 1.86 bits per heavy atom. The van der Waals surface area contributed by atoms with Crippen LogP contribution in [-0.4, -0.2) is 57.2 Å². The van der Waals surface area contributed by atoms with Gasteiger partial charge < -0.3 is 14.4 Å². The van der Waals surface area contributed by atoms with E-state index in [2.05, 4.69) is 18.9 Å². The predicted molar refractivity (Wildman–Crippen MR) is 55.5 cm³/mol. The van der Waals surface area contributed by atoms with Crippen molar-refractivity contribution in [3.63, 3.8) is 0 Å². The van der Waals surface area contributed by atoms with E-state index in [-0.39, 0.29) is 12.4 Å². The lowest BCUT2D eigenvalue weighted by molar-refractivity contribution is -0.121. The van der Waals surface area contributed by atoms with Crippen molar-refractivity contribution < 1.29 is 14.3 Å². The fraction of sp³-hybridized carbons (Fsp3) is 0.900. The number of hydrogen-bond acceptors (Lipinski definition) is 4. The van der Waals surface area contributed by atoms with Crippen LogP contribution in [0.4, 0.5) is 0 Å². The summed E-state index contributed by atoms with van der Waals surface area (Å²) in [5.41, 5.74) is 0. The van der Waals surface area contributed by atoms with Crippen LogP contribution in [0.1, 0.15) is 13.8 Å². The topological polar surface area (TPSA) is 38.8 Å². The number of hydrogen-bond donors (Lipinski definition) is 0. The summed E-state index contributed by atoms with van der Waals surface area (Å²) in [4.78, 5) is 12.7. The van der Waals surface area contributed by atoms with Crippen molar-refractivity contribution in [1.29, 1.82) is 0 Å². The minimum atomic E-state index is 0.0516. The van der Waals surface area contributed by atoms with E-state index in [1.54, 1.807) is 0 Å². The molecule has 0 spiro atoms. The summed E-state index contributed by atoms with van der Waals surface area (Å²) in [7, 11) is 2.05. The molecule has 0 aliphatic heterocycles. The first-order chi connectivity index (χ1) is 6.66. The summed E-state index contributed by atoms with van der Waals surface area (Å²) in [5.74, 6) is 0.0516. The van der Waals surface area contributed by atoms with E-state index >= 15 is 0 Å². The van der Waals surface area contributed by atoms with Crippen LogP contribution in [0.5, 0.6) is 0 Å². The van der Waals surface area contributed by atoms with Crippen molar-refractivity contribution in [2.75, 3.05) is 46.6 Å². The molecule has 0 fully saturated rings. The van der Waals surface area contributed by atoms with Gasteiger partial charge in [-0.15, -0.1) is 0 Å². The standard InChI is InChI=1S/C10H21NO3/c1-4-11(3)5-6-13-7-8-14-9-10(2)12/h4-9H2,1-3H3. The highest BCUT2D eigenvalue weighted by Crippen LogP contribution is 1.83. The van der Waals surface area contributed by atoms with Crippen LogP contribution in [0.3, 0.4) is 0 Å². The largest absolute Gasteiger partial charge is 0.378 e. The molecule has 0 saturated heterocycles. The molecule has 0 heterocycles. The monoisotopic (exact) mass is 203 g/mol. The van der Waals surface area contributed by atoms with E-state index in [1.807, 2.05) is 0 Å². The SMILES string of the molecule is CCN(C)CCOCCOCC(C)=O. The summed E-state index contributed by atoms with van der Waals surface area (Å²) < 4.78 is 10.4. The van der Waals surface area contributed by atoms with Crippen LogP contribution in [0.2, 0.25) is 0 Å². The Hall–Kier alpha value is -0.450. The molecule has 0 N–H and O–H groups in total. The Balaban J connectivity index is 3.02. The predicted octanol–water partition coefficient (Wildman–Crippen LogP) is 0.560. The Morgan fingerprint density at radius 1 is 1.21 bits per heavy atom. The maximum Gasteiger partial charge on any atom is 0.155 e. The van der Waals surface area contributed by atoms with Crippen LogP contribution in [0, 0.1) is 0 Å². The molecule has 0 atom stereocenters. The number of ether oxygens (including phenoxy) is 2. The Labute approximate surface area is 86.2 Å². The molecule has 0 unspecified atom stereocenters. The lowest BCUT2D eigenvalue weighted by Crippen LogP contribution is -2.23. The molecule has 84 valence electrons. The third-order valence-electron chi connectivity index (χ3n) is 1.83. The van der Waals surface area contributed by atoms with Crippen LogP contribution in [0.15, 0.2) is 0 Å². The first-order valence-corrected chi connectivity index (χ1v) is 5.00. The summed E-state index contributed by atoms with van der Waals surface area (Å²) in [6, 6.07) is 0. The quantitative estimate of drug-likeness (QED) is 0.513. The molecule has 0 rings (SSSR count). The lowest BCUT2D eigenvalue weighted by atomic mass is 10.5. The summed E-state index contributed by atoms with van der Waals surface area (Å²) in [6.45, 7) is 7.55. The molecule has 0 aromatic rings. The minimum Gasteiger partial charge on any atom is -0.378 e. The molecule has 0 amide bonds. The smallest absolute Gasteiger partial charge is 0.155 e. The Kier molecular flexibility index (Phi) is 8.83. The van der Waals surface area contributed by atoms with Gasteiger partial charge in [-0.2, -0.15) is 0 Å². The number of Topliss-reactive ketones (excluding diaryl/α,β-unsaturated/α-hetero) is 1. The van der Waals surface area contributed by atoms with E-state index < -0.39 is 0 Å². The first kappa shape index (κ1) is 13.5. The number of carbonyl (C=O) groups excluding carboxylic acids is 1. The molecule has 0 aliphatic carbocycles. The van der Waals surface area contributed by atoms with Gasteiger partial charge in [0.25, 0.3) is 0 Å². The van der Waals surface area contributed by atoms with Crippen LogP contribution in [0.25, 0.3) is 0 Å². The number of carbonyl (C=O) groups is 1. The molecule has 0 saturated carbocycles. The van der Waals surface area contributed by atoms with Gasteiger partial charge in [0.2, 0.25) is 0 Å². The third-order valence-corrected chi connectivity index (χ3v) is 1.83. The minimum absolute atomic E-state index is 0.0516. The van der Waals surface area contributed by atoms with Crippen LogP contribution in [-0.2, 0) is 14.3 Å². The summed E-state index contributed by atoms with van der Waals surface area (Å²) in [6.07, 6.45) is 0. The molecule has 4 heteroatoms. The normalized spacial score (nSPS) is 10.9. The van der Waals surface area contributed by atoms with Crippen molar-refractivity contribution in [2.45, 2.75) is 13.8 Å². The molecular weight excluding hydrogens is 182 g/mol. The van der Waals surface area contributed by atoms with Gasteiger partial charge in [0.05, 0.1) is 19.8 Å². The van der Waals surface area contributed by atoms with Gasteiger partial charge in [0.1, 0.15) is 6.61 Å². The number of rotatable bonds is 9. The number of ketones is 1. The molecule has 0 bridgehead atoms. The van der Waals surface area contributed by atoms with E-state index in [0.717, 1.165) is 13.1 Å². The maximum atomic E-state index is 10.5. The van der Waals surface area contributed by atoms with E-state index in [0.29, 0.717) is 19.8 Å². The van der Waals surface area contributed by atoms with Gasteiger partial charge in [-0.05, 0) is 20.5 Å². The maximum absolute atomic E-state index is 10.5. The van der Waals surface area contributed by atoms with E-state index in [9.17, 15) is 4.79 Å². The van der Waals surface area contributed by atoms with Crippen LogP contribution < -0.4 is 0 Å². The average molecular weight is 203 g/mol. The Bertz CT molecular complexity index is 150. The van der Waals surface area contributed by atoms with Gasteiger partial charge in [-0.1, -0.05) is 6.92 Å². The van der Waals surface area contributed by atoms with Gasteiger partial charge in [-0.3, -0.25) is 4.79 Å².